The van der Waals surface area contributed by atoms with Crippen LogP contribution in [-0.4, -0.2) is 17.8 Å². The van der Waals surface area contributed by atoms with Gasteiger partial charge in [0.2, 0.25) is 0 Å². The van der Waals surface area contributed by atoms with Crippen molar-refractivity contribution in [1.29, 1.82) is 0 Å². The molecule has 0 bridgehead atoms. The van der Waals surface area contributed by atoms with Gasteiger partial charge in [0.25, 0.3) is 5.69 Å². The average Bonchev–Trinajstić information content (AvgIpc) is 2.46. The molecular formula is C15H23NO3S. The van der Waals surface area contributed by atoms with Gasteiger partial charge in [0.15, 0.2) is 0 Å². The van der Waals surface area contributed by atoms with E-state index in [0.29, 0.717) is 10.6 Å². The van der Waals surface area contributed by atoms with E-state index in [1.54, 1.807) is 19.2 Å². The lowest BCUT2D eigenvalue weighted by molar-refractivity contribution is -0.387. The Hall–Kier alpha value is -1.49. The molecule has 0 aliphatic rings. The first-order chi connectivity index (χ1) is 9.58. The molecule has 0 radical (unpaired) electrons. The maximum atomic E-state index is 11.0. The third kappa shape index (κ3) is 6.10. The fraction of sp³-hybridized carbons (Fsp3) is 0.467. The summed E-state index contributed by atoms with van der Waals surface area (Å²) in [4.78, 5) is 11.3. The predicted molar refractivity (Wildman–Crippen MR) is 85.3 cm³/mol. The Morgan fingerprint density at radius 1 is 1.45 bits per heavy atom. The second-order valence-electron chi connectivity index (χ2n) is 3.80. The van der Waals surface area contributed by atoms with Crippen LogP contribution in [0.5, 0.6) is 0 Å². The summed E-state index contributed by atoms with van der Waals surface area (Å²) in [6.45, 7) is 7.87. The number of nitro groups is 1. The second kappa shape index (κ2) is 10.3. The monoisotopic (exact) mass is 297 g/mol. The number of rotatable bonds is 6. The third-order valence-corrected chi connectivity index (χ3v) is 3.46. The number of hydrogen-bond acceptors (Lipinski definition) is 4. The summed E-state index contributed by atoms with van der Waals surface area (Å²) in [6.07, 6.45) is 2.87. The zero-order chi connectivity index (χ0) is 15.5. The van der Waals surface area contributed by atoms with E-state index in [2.05, 4.69) is 0 Å². The Kier molecular flexibility index (Phi) is 9.55. The molecule has 0 aliphatic carbocycles. The number of ether oxygens (including phenoxy) is 1. The number of hydrogen-bond donors (Lipinski definition) is 0. The van der Waals surface area contributed by atoms with Crippen LogP contribution in [0.4, 0.5) is 5.69 Å². The van der Waals surface area contributed by atoms with Crippen LogP contribution in [0.3, 0.4) is 0 Å². The third-order valence-electron chi connectivity index (χ3n) is 2.38. The Balaban J connectivity index is 0.00000172. The fourth-order valence-corrected chi connectivity index (χ4v) is 2.45. The number of aryl methyl sites for hydroxylation is 1. The Morgan fingerprint density at radius 2 is 2.10 bits per heavy atom. The highest BCUT2D eigenvalue weighted by molar-refractivity contribution is 7.99. The molecular weight excluding hydrogens is 274 g/mol. The highest BCUT2D eigenvalue weighted by atomic mass is 32.2. The molecule has 20 heavy (non-hydrogen) atoms. The van der Waals surface area contributed by atoms with Gasteiger partial charge in [0, 0.05) is 6.07 Å². The number of benzene rings is 1. The normalized spacial score (nSPS) is 10.6. The maximum Gasteiger partial charge on any atom is 0.283 e. The number of allylic oxidation sites excluding steroid dienone is 1. The summed E-state index contributed by atoms with van der Waals surface area (Å²) in [5, 5.41) is 11.0. The topological polar surface area (TPSA) is 52.4 Å². The van der Waals surface area contributed by atoms with Crippen LogP contribution < -0.4 is 0 Å². The van der Waals surface area contributed by atoms with Crippen LogP contribution in [0.1, 0.15) is 32.8 Å². The van der Waals surface area contributed by atoms with Crippen LogP contribution in [0.2, 0.25) is 0 Å². The molecule has 0 saturated carbocycles. The van der Waals surface area contributed by atoms with Gasteiger partial charge in [0.1, 0.15) is 5.76 Å². The van der Waals surface area contributed by atoms with Crippen molar-refractivity contribution in [3.63, 3.8) is 0 Å². The van der Waals surface area contributed by atoms with E-state index in [-0.39, 0.29) is 10.6 Å². The van der Waals surface area contributed by atoms with Crippen LogP contribution in [0.15, 0.2) is 34.9 Å². The van der Waals surface area contributed by atoms with Crippen LogP contribution in [0.25, 0.3) is 0 Å². The van der Waals surface area contributed by atoms with Gasteiger partial charge in [-0.1, -0.05) is 26.8 Å². The minimum Gasteiger partial charge on any atom is -0.501 e. The molecule has 0 heterocycles. The van der Waals surface area contributed by atoms with Gasteiger partial charge in [-0.05, 0) is 31.1 Å². The van der Waals surface area contributed by atoms with Crippen LogP contribution >= 0.6 is 11.8 Å². The molecule has 5 heteroatoms. The van der Waals surface area contributed by atoms with E-state index >= 15 is 0 Å². The molecule has 0 spiro atoms. The van der Waals surface area contributed by atoms with Crippen molar-refractivity contribution >= 4 is 17.4 Å². The van der Waals surface area contributed by atoms with Crippen LogP contribution in [-0.2, 0) is 4.74 Å². The average molecular weight is 297 g/mol. The van der Waals surface area contributed by atoms with Gasteiger partial charge < -0.3 is 4.74 Å². The summed E-state index contributed by atoms with van der Waals surface area (Å²) < 4.78 is 5.21. The van der Waals surface area contributed by atoms with Gasteiger partial charge in [-0.25, -0.2) is 0 Å². The van der Waals surface area contributed by atoms with Crippen molar-refractivity contribution in [3.8, 4) is 0 Å². The summed E-state index contributed by atoms with van der Waals surface area (Å²) >= 11 is 1.42. The molecule has 1 aromatic carbocycles. The van der Waals surface area contributed by atoms with Crippen molar-refractivity contribution in [2.75, 3.05) is 12.9 Å². The number of nitro benzene ring substituents is 1. The van der Waals surface area contributed by atoms with E-state index in [9.17, 15) is 10.1 Å². The Bertz CT molecular complexity index is 458. The predicted octanol–water partition coefficient (Wildman–Crippen LogP) is 4.96. The van der Waals surface area contributed by atoms with Gasteiger partial charge in [-0.3, -0.25) is 10.1 Å². The first kappa shape index (κ1) is 18.5. The van der Waals surface area contributed by atoms with Crippen molar-refractivity contribution < 1.29 is 9.66 Å². The lowest BCUT2D eigenvalue weighted by Gasteiger charge is -2.07. The number of thioether (sulfide) groups is 1. The summed E-state index contributed by atoms with van der Waals surface area (Å²) in [7, 11) is 1.62. The molecule has 0 atom stereocenters. The summed E-state index contributed by atoms with van der Waals surface area (Å²) in [6, 6.07) is 5.26. The first-order valence-corrected chi connectivity index (χ1v) is 7.68. The first-order valence-electron chi connectivity index (χ1n) is 6.69. The number of methoxy groups -OCH3 is 1. The molecule has 0 saturated heterocycles. The highest BCUT2D eigenvalue weighted by Crippen LogP contribution is 2.31. The molecule has 0 unspecified atom stereocenters. The molecule has 1 rings (SSSR count). The van der Waals surface area contributed by atoms with Crippen LogP contribution in [0, 0.1) is 17.0 Å². The van der Waals surface area contributed by atoms with Crippen molar-refractivity contribution in [1.82, 2.24) is 0 Å². The maximum absolute atomic E-state index is 11.0. The van der Waals surface area contributed by atoms with E-state index in [4.69, 9.17) is 4.74 Å². The summed E-state index contributed by atoms with van der Waals surface area (Å²) in [5.74, 6) is 1.45. The molecule has 0 amide bonds. The lowest BCUT2D eigenvalue weighted by Crippen LogP contribution is -1.95. The SMILES string of the molecule is CC.CC/C=C(/CSc1ccc(C)cc1[N+](=O)[O-])OC. The van der Waals surface area contributed by atoms with Crippen molar-refractivity contribution in [2.45, 2.75) is 39.0 Å². The zero-order valence-electron chi connectivity index (χ0n) is 12.8. The second-order valence-corrected chi connectivity index (χ2v) is 4.82. The minimum absolute atomic E-state index is 0.159. The Labute approximate surface area is 125 Å². The molecule has 112 valence electrons. The van der Waals surface area contributed by atoms with E-state index in [0.717, 1.165) is 17.7 Å². The van der Waals surface area contributed by atoms with E-state index < -0.39 is 0 Å². The lowest BCUT2D eigenvalue weighted by atomic mass is 10.2. The molecule has 0 aliphatic heterocycles. The molecule has 1 aromatic rings. The van der Waals surface area contributed by atoms with E-state index in [1.165, 1.54) is 11.8 Å². The van der Waals surface area contributed by atoms with Gasteiger partial charge >= 0.3 is 0 Å². The molecule has 0 fully saturated rings. The van der Waals surface area contributed by atoms with Gasteiger partial charge in [-0.15, -0.1) is 11.8 Å². The molecule has 0 aromatic heterocycles. The van der Waals surface area contributed by atoms with Crippen molar-refractivity contribution in [3.05, 3.63) is 45.7 Å². The number of nitrogens with zero attached hydrogens (tertiary/aromatic N) is 1. The quantitative estimate of drug-likeness (QED) is 0.322. The largest absolute Gasteiger partial charge is 0.501 e. The standard InChI is InChI=1S/C13H17NO3S.C2H6/c1-4-5-11(17-3)9-18-13-7-6-10(2)8-12(13)14(15)16;1-2/h5-8H,4,9H2,1-3H3;1-2H3/b11-5-;. The fourth-order valence-electron chi connectivity index (χ4n) is 1.47. The van der Waals surface area contributed by atoms with Gasteiger partial charge in [-0.2, -0.15) is 0 Å². The zero-order valence-corrected chi connectivity index (χ0v) is 13.6. The molecule has 0 N–H and O–H groups in total. The van der Waals surface area contributed by atoms with Gasteiger partial charge in [0.05, 0.1) is 22.7 Å². The minimum atomic E-state index is -0.342. The molecule has 4 nitrogen and oxygen atoms in total. The summed E-state index contributed by atoms with van der Waals surface area (Å²) in [5.41, 5.74) is 1.05. The Morgan fingerprint density at radius 3 is 2.60 bits per heavy atom. The smallest absolute Gasteiger partial charge is 0.283 e. The van der Waals surface area contributed by atoms with Crippen molar-refractivity contribution in [2.24, 2.45) is 0 Å². The van der Waals surface area contributed by atoms with E-state index in [1.807, 2.05) is 39.8 Å². The highest BCUT2D eigenvalue weighted by Gasteiger charge is 2.14.